The number of aliphatic hydroxyl groups excluding tert-OH is 1. The van der Waals surface area contributed by atoms with Crippen molar-refractivity contribution in [3.05, 3.63) is 18.0 Å². The molecule has 5 nitrogen and oxygen atoms in total. The monoisotopic (exact) mass is 197 g/mol. The molecule has 1 N–H and O–H groups in total. The lowest BCUT2D eigenvalue weighted by Crippen LogP contribution is -2.25. The summed E-state index contributed by atoms with van der Waals surface area (Å²) in [7, 11) is 1.74. The van der Waals surface area contributed by atoms with Crippen molar-refractivity contribution in [2.24, 2.45) is 0 Å². The van der Waals surface area contributed by atoms with Gasteiger partial charge in [0.15, 0.2) is 0 Å². The molecule has 0 saturated carbocycles. The van der Waals surface area contributed by atoms with Crippen LogP contribution in [0.3, 0.4) is 0 Å². The lowest BCUT2D eigenvalue weighted by molar-refractivity contribution is 0.0802. The van der Waals surface area contributed by atoms with Crippen LogP contribution < -0.4 is 0 Å². The topological polar surface area (TPSA) is 58.4 Å². The zero-order valence-corrected chi connectivity index (χ0v) is 8.47. The number of carbonyl (C=O) groups excluding carboxylic acids is 1. The van der Waals surface area contributed by atoms with Crippen LogP contribution in [0, 0.1) is 0 Å². The standard InChI is InChI=1S/C9H15N3O2/c1-3-11(2)9(14)8-6-10-12(7-8)4-5-13/h6-7,13H,3-5H2,1-2H3. The summed E-state index contributed by atoms with van der Waals surface area (Å²) in [5.74, 6) is -0.0447. The Kier molecular flexibility index (Phi) is 3.64. The summed E-state index contributed by atoms with van der Waals surface area (Å²) in [4.78, 5) is 13.2. The summed E-state index contributed by atoms with van der Waals surface area (Å²) < 4.78 is 1.55. The van der Waals surface area contributed by atoms with Gasteiger partial charge in [-0.25, -0.2) is 0 Å². The molecule has 1 rings (SSSR count). The Morgan fingerprint density at radius 1 is 1.71 bits per heavy atom. The van der Waals surface area contributed by atoms with Crippen LogP contribution in [0.1, 0.15) is 17.3 Å². The predicted molar refractivity (Wildman–Crippen MR) is 51.9 cm³/mol. The predicted octanol–water partition coefficient (Wildman–Crippen LogP) is -0.0327. The summed E-state index contributed by atoms with van der Waals surface area (Å²) in [5.41, 5.74) is 0.558. The third-order valence-electron chi connectivity index (χ3n) is 2.03. The second kappa shape index (κ2) is 4.76. The third kappa shape index (κ3) is 2.32. The van der Waals surface area contributed by atoms with Crippen LogP contribution in [0.4, 0.5) is 0 Å². The van der Waals surface area contributed by atoms with Gasteiger partial charge in [-0.1, -0.05) is 0 Å². The molecule has 1 aromatic rings. The van der Waals surface area contributed by atoms with Gasteiger partial charge < -0.3 is 10.0 Å². The summed E-state index contributed by atoms with van der Waals surface area (Å²) in [6.45, 7) is 3.03. The Bertz CT molecular complexity index is 309. The minimum absolute atomic E-state index is 0.0267. The van der Waals surface area contributed by atoms with E-state index >= 15 is 0 Å². The maximum atomic E-state index is 11.6. The number of hydrogen-bond acceptors (Lipinski definition) is 3. The lowest BCUT2D eigenvalue weighted by atomic mass is 10.3. The van der Waals surface area contributed by atoms with Crippen molar-refractivity contribution in [3.8, 4) is 0 Å². The van der Waals surface area contributed by atoms with E-state index in [9.17, 15) is 4.79 Å². The van der Waals surface area contributed by atoms with E-state index in [1.807, 2.05) is 6.92 Å². The van der Waals surface area contributed by atoms with Crippen molar-refractivity contribution >= 4 is 5.91 Å². The van der Waals surface area contributed by atoms with E-state index in [4.69, 9.17) is 5.11 Å². The fourth-order valence-electron chi connectivity index (χ4n) is 1.06. The Hall–Kier alpha value is -1.36. The molecule has 14 heavy (non-hydrogen) atoms. The minimum Gasteiger partial charge on any atom is -0.394 e. The molecule has 0 fully saturated rings. The summed E-state index contributed by atoms with van der Waals surface area (Å²) in [5, 5.41) is 12.6. The number of amides is 1. The molecule has 78 valence electrons. The molecule has 0 atom stereocenters. The molecule has 0 unspecified atom stereocenters. The van der Waals surface area contributed by atoms with Crippen molar-refractivity contribution in [2.45, 2.75) is 13.5 Å². The maximum absolute atomic E-state index is 11.6. The summed E-state index contributed by atoms with van der Waals surface area (Å²) in [6.07, 6.45) is 3.16. The summed E-state index contributed by atoms with van der Waals surface area (Å²) in [6, 6.07) is 0. The zero-order valence-electron chi connectivity index (χ0n) is 8.47. The zero-order chi connectivity index (χ0) is 10.6. The Balaban J connectivity index is 2.71. The molecule has 0 aliphatic rings. The fourth-order valence-corrected chi connectivity index (χ4v) is 1.06. The molecule has 0 aliphatic carbocycles. The van der Waals surface area contributed by atoms with Crippen LogP contribution in [-0.2, 0) is 6.54 Å². The molecule has 0 spiro atoms. The van der Waals surface area contributed by atoms with Gasteiger partial charge in [0, 0.05) is 19.8 Å². The Labute approximate surface area is 82.9 Å². The minimum atomic E-state index is -0.0447. The number of rotatable bonds is 4. The molecule has 5 heteroatoms. The Morgan fingerprint density at radius 3 is 3.00 bits per heavy atom. The average Bonchev–Trinajstić information content (AvgIpc) is 2.64. The van der Waals surface area contributed by atoms with Gasteiger partial charge in [-0.2, -0.15) is 5.10 Å². The molecule has 1 heterocycles. The average molecular weight is 197 g/mol. The molecular weight excluding hydrogens is 182 g/mol. The first-order valence-electron chi connectivity index (χ1n) is 4.57. The molecule has 0 saturated heterocycles. The van der Waals surface area contributed by atoms with Crippen LogP contribution in [-0.4, -0.2) is 45.9 Å². The molecule has 0 bridgehead atoms. The van der Waals surface area contributed by atoms with Gasteiger partial charge in [-0.15, -0.1) is 0 Å². The Morgan fingerprint density at radius 2 is 2.43 bits per heavy atom. The van der Waals surface area contributed by atoms with Gasteiger partial charge in [-0.05, 0) is 6.92 Å². The van der Waals surface area contributed by atoms with Crippen LogP contribution >= 0.6 is 0 Å². The fraction of sp³-hybridized carbons (Fsp3) is 0.556. The van der Waals surface area contributed by atoms with Gasteiger partial charge >= 0.3 is 0 Å². The van der Waals surface area contributed by atoms with Crippen molar-refractivity contribution in [2.75, 3.05) is 20.2 Å². The van der Waals surface area contributed by atoms with E-state index in [-0.39, 0.29) is 12.5 Å². The van der Waals surface area contributed by atoms with E-state index < -0.39 is 0 Å². The van der Waals surface area contributed by atoms with Crippen molar-refractivity contribution in [1.82, 2.24) is 14.7 Å². The van der Waals surface area contributed by atoms with Crippen LogP contribution in [0.15, 0.2) is 12.4 Å². The molecular formula is C9H15N3O2. The van der Waals surface area contributed by atoms with E-state index in [1.165, 1.54) is 6.20 Å². The highest BCUT2D eigenvalue weighted by atomic mass is 16.3. The SMILES string of the molecule is CCN(C)C(=O)c1cnn(CCO)c1. The third-order valence-corrected chi connectivity index (χ3v) is 2.03. The highest BCUT2D eigenvalue weighted by molar-refractivity contribution is 5.93. The smallest absolute Gasteiger partial charge is 0.256 e. The van der Waals surface area contributed by atoms with E-state index in [2.05, 4.69) is 5.10 Å². The van der Waals surface area contributed by atoms with Crippen molar-refractivity contribution in [1.29, 1.82) is 0 Å². The van der Waals surface area contributed by atoms with Crippen LogP contribution in [0.2, 0.25) is 0 Å². The van der Waals surface area contributed by atoms with E-state index in [1.54, 1.807) is 22.8 Å². The first-order valence-corrected chi connectivity index (χ1v) is 4.57. The van der Waals surface area contributed by atoms with E-state index in [0.29, 0.717) is 18.7 Å². The maximum Gasteiger partial charge on any atom is 0.256 e. The highest BCUT2D eigenvalue weighted by Gasteiger charge is 2.11. The summed E-state index contributed by atoms with van der Waals surface area (Å²) >= 11 is 0. The first-order chi connectivity index (χ1) is 6.69. The molecule has 0 aliphatic heterocycles. The van der Waals surface area contributed by atoms with Gasteiger partial charge in [0.25, 0.3) is 5.91 Å². The second-order valence-corrected chi connectivity index (χ2v) is 3.04. The number of carbonyl (C=O) groups is 1. The molecule has 1 amide bonds. The second-order valence-electron chi connectivity index (χ2n) is 3.04. The quantitative estimate of drug-likeness (QED) is 0.737. The normalized spacial score (nSPS) is 10.2. The van der Waals surface area contributed by atoms with Crippen LogP contribution in [0.5, 0.6) is 0 Å². The van der Waals surface area contributed by atoms with Gasteiger partial charge in [0.05, 0.1) is 24.9 Å². The number of aromatic nitrogens is 2. The van der Waals surface area contributed by atoms with Crippen molar-refractivity contribution in [3.63, 3.8) is 0 Å². The first kappa shape index (κ1) is 10.7. The number of hydrogen-bond donors (Lipinski definition) is 1. The van der Waals surface area contributed by atoms with Crippen LogP contribution in [0.25, 0.3) is 0 Å². The van der Waals surface area contributed by atoms with Gasteiger partial charge in [0.2, 0.25) is 0 Å². The van der Waals surface area contributed by atoms with Gasteiger partial charge in [-0.3, -0.25) is 9.48 Å². The molecule has 1 aromatic heterocycles. The number of nitrogens with zero attached hydrogens (tertiary/aromatic N) is 3. The van der Waals surface area contributed by atoms with E-state index in [0.717, 1.165) is 0 Å². The van der Waals surface area contributed by atoms with Gasteiger partial charge in [0.1, 0.15) is 0 Å². The molecule has 0 radical (unpaired) electrons. The molecule has 0 aromatic carbocycles. The number of aliphatic hydroxyl groups is 1. The largest absolute Gasteiger partial charge is 0.394 e. The lowest BCUT2D eigenvalue weighted by Gasteiger charge is -2.12. The van der Waals surface area contributed by atoms with Crippen molar-refractivity contribution < 1.29 is 9.90 Å². The highest BCUT2D eigenvalue weighted by Crippen LogP contribution is 2.01.